The van der Waals surface area contributed by atoms with Crippen molar-refractivity contribution < 1.29 is 19.3 Å². The molecule has 0 aromatic carbocycles. The molecule has 2 fully saturated rings. The monoisotopic (exact) mass is 300 g/mol. The molecule has 4 atom stereocenters. The summed E-state index contributed by atoms with van der Waals surface area (Å²) >= 11 is 5.14. The van der Waals surface area contributed by atoms with Gasteiger partial charge in [-0.25, -0.2) is 0 Å². The highest BCUT2D eigenvalue weighted by Gasteiger charge is 2.55. The average molecular weight is 300 g/mol. The largest absolute Gasteiger partial charge is 0.394 e. The molecule has 2 aliphatic rings. The second-order valence-corrected chi connectivity index (χ2v) is 5.72. The summed E-state index contributed by atoms with van der Waals surface area (Å²) in [6, 6.07) is 1.36. The highest BCUT2D eigenvalue weighted by atomic mass is 32.1. The van der Waals surface area contributed by atoms with Crippen LogP contribution in [0.25, 0.3) is 0 Å². The maximum absolute atomic E-state index is 11.2. The van der Waals surface area contributed by atoms with Crippen LogP contribution in [0.5, 0.6) is 0 Å². The van der Waals surface area contributed by atoms with Crippen LogP contribution in [0.15, 0.2) is 17.1 Å². The first-order chi connectivity index (χ1) is 9.41. The molecule has 3 heterocycles. The Labute approximate surface area is 120 Å². The lowest BCUT2D eigenvalue weighted by Gasteiger charge is -2.24. The number of rotatable bonds is 2. The Morgan fingerprint density at radius 1 is 1.45 bits per heavy atom. The minimum atomic E-state index is -0.741. The molecule has 0 bridgehead atoms. The molecule has 110 valence electrons. The van der Waals surface area contributed by atoms with E-state index in [1.54, 1.807) is 10.8 Å². The van der Waals surface area contributed by atoms with Crippen molar-refractivity contribution in [2.45, 2.75) is 44.2 Å². The van der Waals surface area contributed by atoms with Crippen LogP contribution in [0.4, 0.5) is 0 Å². The number of nitrogens with one attached hydrogen (secondary N) is 1. The molecule has 2 saturated heterocycles. The highest BCUT2D eigenvalue weighted by molar-refractivity contribution is 7.71. The first-order valence-electron chi connectivity index (χ1n) is 6.35. The van der Waals surface area contributed by atoms with Crippen LogP contribution in [0.1, 0.15) is 20.1 Å². The van der Waals surface area contributed by atoms with Gasteiger partial charge in [-0.05, 0) is 26.1 Å². The normalized spacial score (nSPS) is 35.1. The van der Waals surface area contributed by atoms with E-state index in [0.717, 1.165) is 0 Å². The third-order valence-corrected chi connectivity index (χ3v) is 3.74. The first-order valence-corrected chi connectivity index (χ1v) is 6.75. The standard InChI is InChI=1S/C12H16N2O5S/c1-12(2)18-8-6(5-15)17-10(9(8)19-12)14-4-3-7(16)13-11(14)20/h3-4,6,8-10,15H,5H2,1-2H3,(H,13,16,20)/t6-,8+,9+,10-/m0/s1. The Bertz CT molecular complexity index is 625. The van der Waals surface area contributed by atoms with Gasteiger partial charge in [-0.2, -0.15) is 0 Å². The molecular formula is C12H16N2O5S. The quantitative estimate of drug-likeness (QED) is 0.765. The molecule has 1 aromatic rings. The Morgan fingerprint density at radius 3 is 2.80 bits per heavy atom. The van der Waals surface area contributed by atoms with E-state index in [9.17, 15) is 9.90 Å². The van der Waals surface area contributed by atoms with E-state index >= 15 is 0 Å². The molecule has 7 nitrogen and oxygen atoms in total. The lowest BCUT2D eigenvalue weighted by molar-refractivity contribution is -0.200. The molecular weight excluding hydrogens is 284 g/mol. The van der Waals surface area contributed by atoms with Gasteiger partial charge in [0.05, 0.1) is 6.61 Å². The number of aliphatic hydroxyl groups excluding tert-OH is 1. The summed E-state index contributed by atoms with van der Waals surface area (Å²) < 4.78 is 19.2. The van der Waals surface area contributed by atoms with Crippen molar-refractivity contribution in [1.29, 1.82) is 0 Å². The van der Waals surface area contributed by atoms with Gasteiger partial charge in [-0.3, -0.25) is 14.3 Å². The van der Waals surface area contributed by atoms with Gasteiger partial charge in [0, 0.05) is 12.3 Å². The van der Waals surface area contributed by atoms with Gasteiger partial charge in [0.15, 0.2) is 16.8 Å². The van der Waals surface area contributed by atoms with E-state index in [4.69, 9.17) is 26.4 Å². The van der Waals surface area contributed by atoms with Gasteiger partial charge in [0.2, 0.25) is 0 Å². The van der Waals surface area contributed by atoms with E-state index in [0.29, 0.717) is 0 Å². The van der Waals surface area contributed by atoms with Crippen molar-refractivity contribution >= 4 is 12.2 Å². The number of hydrogen-bond acceptors (Lipinski definition) is 6. The van der Waals surface area contributed by atoms with Gasteiger partial charge in [-0.1, -0.05) is 0 Å². The molecule has 0 spiro atoms. The van der Waals surface area contributed by atoms with Crippen molar-refractivity contribution in [3.63, 3.8) is 0 Å². The lowest BCUT2D eigenvalue weighted by Crippen LogP contribution is -2.31. The Morgan fingerprint density at radius 2 is 2.15 bits per heavy atom. The minimum Gasteiger partial charge on any atom is -0.394 e. The molecule has 0 aliphatic carbocycles. The predicted molar refractivity (Wildman–Crippen MR) is 70.7 cm³/mol. The van der Waals surface area contributed by atoms with Crippen molar-refractivity contribution in [2.75, 3.05) is 6.61 Å². The van der Waals surface area contributed by atoms with Gasteiger partial charge in [0.1, 0.15) is 18.3 Å². The zero-order valence-electron chi connectivity index (χ0n) is 11.1. The number of aromatic amines is 1. The van der Waals surface area contributed by atoms with E-state index in [-0.39, 0.29) is 29.1 Å². The van der Waals surface area contributed by atoms with E-state index in [1.165, 1.54) is 6.07 Å². The first kappa shape index (κ1) is 13.9. The predicted octanol–water partition coefficient (Wildman–Crippen LogP) is 0.316. The van der Waals surface area contributed by atoms with Crippen LogP contribution in [0, 0.1) is 4.77 Å². The van der Waals surface area contributed by atoms with Crippen molar-refractivity contribution in [3.8, 4) is 0 Å². The summed E-state index contributed by atoms with van der Waals surface area (Å²) in [5.41, 5.74) is -0.275. The fourth-order valence-electron chi connectivity index (χ4n) is 2.66. The number of fused-ring (bicyclic) bond motifs is 1. The summed E-state index contributed by atoms with van der Waals surface area (Å²) in [4.78, 5) is 13.8. The van der Waals surface area contributed by atoms with Crippen LogP contribution >= 0.6 is 12.2 Å². The summed E-state index contributed by atoms with van der Waals surface area (Å²) in [7, 11) is 0. The topological polar surface area (TPSA) is 85.7 Å². The van der Waals surface area contributed by atoms with E-state index in [1.807, 2.05) is 13.8 Å². The summed E-state index contributed by atoms with van der Waals surface area (Å²) in [6.07, 6.45) is -0.227. The Kier molecular flexibility index (Phi) is 3.30. The second kappa shape index (κ2) is 4.74. The molecule has 0 unspecified atom stereocenters. The maximum Gasteiger partial charge on any atom is 0.251 e. The third kappa shape index (κ3) is 2.23. The fraction of sp³-hybridized carbons (Fsp3) is 0.667. The average Bonchev–Trinajstić information content (AvgIpc) is 2.83. The summed E-state index contributed by atoms with van der Waals surface area (Å²) in [6.45, 7) is 3.44. The van der Waals surface area contributed by atoms with E-state index in [2.05, 4.69) is 4.98 Å². The Hall–Kier alpha value is -1.06. The minimum absolute atomic E-state index is 0.173. The molecule has 1 aromatic heterocycles. The van der Waals surface area contributed by atoms with Crippen LogP contribution in [0.2, 0.25) is 0 Å². The van der Waals surface area contributed by atoms with Gasteiger partial charge in [0.25, 0.3) is 5.56 Å². The molecule has 0 radical (unpaired) electrons. The smallest absolute Gasteiger partial charge is 0.251 e. The maximum atomic E-state index is 11.2. The number of hydrogen-bond donors (Lipinski definition) is 2. The lowest BCUT2D eigenvalue weighted by atomic mass is 10.1. The zero-order chi connectivity index (χ0) is 14.5. The zero-order valence-corrected chi connectivity index (χ0v) is 11.9. The number of ether oxygens (including phenoxy) is 3. The van der Waals surface area contributed by atoms with Crippen LogP contribution in [0.3, 0.4) is 0 Å². The molecule has 8 heteroatoms. The molecule has 2 aliphatic heterocycles. The van der Waals surface area contributed by atoms with Crippen LogP contribution < -0.4 is 5.56 Å². The number of nitrogens with zero attached hydrogens (tertiary/aromatic N) is 1. The van der Waals surface area contributed by atoms with Crippen LogP contribution in [-0.4, -0.2) is 45.4 Å². The van der Waals surface area contributed by atoms with Crippen LogP contribution in [-0.2, 0) is 14.2 Å². The molecule has 2 N–H and O–H groups in total. The highest BCUT2D eigenvalue weighted by Crippen LogP contribution is 2.42. The molecule has 20 heavy (non-hydrogen) atoms. The number of aromatic nitrogens is 2. The van der Waals surface area contributed by atoms with E-state index < -0.39 is 18.1 Å². The van der Waals surface area contributed by atoms with Gasteiger partial charge in [-0.15, -0.1) is 0 Å². The second-order valence-electron chi connectivity index (χ2n) is 5.33. The number of H-pyrrole nitrogens is 1. The summed E-state index contributed by atoms with van der Waals surface area (Å²) in [5, 5.41) is 9.41. The SMILES string of the molecule is CC1(C)O[C@@H]2[C@H](O1)[C@H](CO)O[C@@H]2n1ccc(=O)[nH]c1=S. The molecule has 0 amide bonds. The molecule has 0 saturated carbocycles. The fourth-order valence-corrected chi connectivity index (χ4v) is 2.92. The third-order valence-electron chi connectivity index (χ3n) is 3.43. The van der Waals surface area contributed by atoms with Gasteiger partial charge >= 0.3 is 0 Å². The van der Waals surface area contributed by atoms with Crippen molar-refractivity contribution in [3.05, 3.63) is 27.4 Å². The Balaban J connectivity index is 1.98. The summed E-state index contributed by atoms with van der Waals surface area (Å²) in [5.74, 6) is -0.741. The van der Waals surface area contributed by atoms with Crippen molar-refractivity contribution in [2.24, 2.45) is 0 Å². The van der Waals surface area contributed by atoms with Crippen molar-refractivity contribution in [1.82, 2.24) is 9.55 Å². The molecule has 3 rings (SSSR count). The number of aliphatic hydroxyl groups is 1. The van der Waals surface area contributed by atoms with Gasteiger partial charge < -0.3 is 19.3 Å².